The highest BCUT2D eigenvalue weighted by molar-refractivity contribution is 5.37. The number of hydrogen-bond acceptors (Lipinski definition) is 4. The van der Waals surface area contributed by atoms with Crippen molar-refractivity contribution >= 4 is 5.65 Å². The molecule has 0 saturated carbocycles. The van der Waals surface area contributed by atoms with E-state index in [1.807, 2.05) is 18.3 Å². The van der Waals surface area contributed by atoms with Gasteiger partial charge in [0.15, 0.2) is 5.65 Å². The van der Waals surface area contributed by atoms with E-state index < -0.39 is 0 Å². The average molecular weight is 232 g/mol. The summed E-state index contributed by atoms with van der Waals surface area (Å²) in [6.07, 6.45) is 4.97. The molecule has 0 bridgehead atoms. The molecule has 1 aliphatic rings. The number of rotatable bonds is 2. The summed E-state index contributed by atoms with van der Waals surface area (Å²) in [6, 6.07) is 3.73. The first-order chi connectivity index (χ1) is 8.33. The highest BCUT2D eigenvalue weighted by atomic mass is 16.5. The van der Waals surface area contributed by atoms with Crippen LogP contribution in [0.25, 0.3) is 5.65 Å². The van der Waals surface area contributed by atoms with Crippen LogP contribution in [0.4, 0.5) is 0 Å². The molecular formula is C12H16N4O. The minimum atomic E-state index is 0.210. The highest BCUT2D eigenvalue weighted by Gasteiger charge is 2.22. The predicted molar refractivity (Wildman–Crippen MR) is 64.1 cm³/mol. The van der Waals surface area contributed by atoms with Crippen molar-refractivity contribution in [3.05, 3.63) is 24.5 Å². The van der Waals surface area contributed by atoms with Crippen LogP contribution in [0.15, 0.2) is 24.5 Å². The molecule has 2 atom stereocenters. The lowest BCUT2D eigenvalue weighted by Gasteiger charge is -2.29. The van der Waals surface area contributed by atoms with Crippen LogP contribution in [0.3, 0.4) is 0 Å². The lowest BCUT2D eigenvalue weighted by molar-refractivity contribution is 0.110. The van der Waals surface area contributed by atoms with Crippen molar-refractivity contribution in [2.75, 3.05) is 13.1 Å². The minimum Gasteiger partial charge on any atom is -0.473 e. The Balaban J connectivity index is 1.79. The fraction of sp³-hybridized carbons (Fsp3) is 0.500. The van der Waals surface area contributed by atoms with Crippen molar-refractivity contribution in [2.24, 2.45) is 5.92 Å². The summed E-state index contributed by atoms with van der Waals surface area (Å²) in [4.78, 5) is 4.41. The van der Waals surface area contributed by atoms with Gasteiger partial charge in [-0.2, -0.15) is 10.1 Å². The molecular weight excluding hydrogens is 216 g/mol. The fourth-order valence-corrected chi connectivity index (χ4v) is 2.13. The molecule has 3 heterocycles. The third-order valence-electron chi connectivity index (χ3n) is 3.26. The summed E-state index contributed by atoms with van der Waals surface area (Å²) < 4.78 is 7.66. The van der Waals surface area contributed by atoms with Gasteiger partial charge in [0.1, 0.15) is 6.10 Å². The van der Waals surface area contributed by atoms with E-state index in [0.29, 0.717) is 11.8 Å². The van der Waals surface area contributed by atoms with E-state index in [1.54, 1.807) is 10.7 Å². The monoisotopic (exact) mass is 232 g/mol. The van der Waals surface area contributed by atoms with Crippen LogP contribution in [-0.4, -0.2) is 33.8 Å². The van der Waals surface area contributed by atoms with Gasteiger partial charge in [-0.25, -0.2) is 4.52 Å². The van der Waals surface area contributed by atoms with E-state index in [4.69, 9.17) is 4.74 Å². The lowest BCUT2D eigenvalue weighted by Crippen LogP contribution is -2.43. The number of piperidine rings is 1. The van der Waals surface area contributed by atoms with Crippen LogP contribution < -0.4 is 10.1 Å². The number of aromatic nitrogens is 3. The summed E-state index contributed by atoms with van der Waals surface area (Å²) >= 11 is 0. The molecule has 1 N–H and O–H groups in total. The molecule has 1 aliphatic heterocycles. The van der Waals surface area contributed by atoms with Crippen molar-refractivity contribution in [3.63, 3.8) is 0 Å². The molecule has 5 nitrogen and oxygen atoms in total. The molecule has 90 valence electrons. The van der Waals surface area contributed by atoms with E-state index in [1.165, 1.54) is 0 Å². The van der Waals surface area contributed by atoms with E-state index in [0.717, 1.165) is 25.2 Å². The van der Waals surface area contributed by atoms with E-state index in [-0.39, 0.29) is 6.10 Å². The van der Waals surface area contributed by atoms with E-state index in [2.05, 4.69) is 22.3 Å². The maximum atomic E-state index is 5.93. The van der Waals surface area contributed by atoms with Crippen LogP contribution in [-0.2, 0) is 0 Å². The quantitative estimate of drug-likeness (QED) is 0.842. The van der Waals surface area contributed by atoms with Gasteiger partial charge in [0.05, 0.1) is 6.20 Å². The van der Waals surface area contributed by atoms with Crippen LogP contribution in [0.1, 0.15) is 13.3 Å². The second-order valence-electron chi connectivity index (χ2n) is 4.53. The number of nitrogens with zero attached hydrogens (tertiary/aromatic N) is 3. The molecule has 0 radical (unpaired) electrons. The second-order valence-corrected chi connectivity index (χ2v) is 4.53. The normalized spacial score (nSPS) is 25.0. The topological polar surface area (TPSA) is 51.5 Å². The maximum absolute atomic E-state index is 5.93. The molecule has 2 aromatic rings. The lowest BCUT2D eigenvalue weighted by atomic mass is 9.97. The first-order valence-electron chi connectivity index (χ1n) is 6.01. The van der Waals surface area contributed by atoms with Crippen LogP contribution in [0.5, 0.6) is 5.88 Å². The van der Waals surface area contributed by atoms with Gasteiger partial charge in [-0.05, 0) is 18.9 Å². The van der Waals surface area contributed by atoms with Gasteiger partial charge in [0, 0.05) is 24.9 Å². The number of nitrogens with one attached hydrogen (secondary N) is 1. The Morgan fingerprint density at radius 2 is 2.41 bits per heavy atom. The van der Waals surface area contributed by atoms with Crippen molar-refractivity contribution < 1.29 is 4.74 Å². The van der Waals surface area contributed by atoms with Crippen molar-refractivity contribution in [1.82, 2.24) is 19.9 Å². The highest BCUT2D eigenvalue weighted by Crippen LogP contribution is 2.18. The Hall–Kier alpha value is -1.62. The molecule has 17 heavy (non-hydrogen) atoms. The number of fused-ring (bicyclic) bond motifs is 1. The van der Waals surface area contributed by atoms with E-state index in [9.17, 15) is 0 Å². The Morgan fingerprint density at radius 3 is 3.29 bits per heavy atom. The molecule has 1 saturated heterocycles. The Labute approximate surface area is 99.8 Å². The van der Waals surface area contributed by atoms with Gasteiger partial charge in [-0.15, -0.1) is 0 Å². The predicted octanol–water partition coefficient (Wildman–Crippen LogP) is 1.11. The zero-order valence-electron chi connectivity index (χ0n) is 9.84. The summed E-state index contributed by atoms with van der Waals surface area (Å²) in [5.74, 6) is 1.25. The summed E-state index contributed by atoms with van der Waals surface area (Å²) in [5.41, 5.74) is 0.818. The summed E-state index contributed by atoms with van der Waals surface area (Å²) in [7, 11) is 0. The van der Waals surface area contributed by atoms with Gasteiger partial charge < -0.3 is 10.1 Å². The largest absolute Gasteiger partial charge is 0.473 e. The second kappa shape index (κ2) is 4.33. The van der Waals surface area contributed by atoms with Crippen molar-refractivity contribution in [1.29, 1.82) is 0 Å². The summed E-state index contributed by atoms with van der Waals surface area (Å²) in [5, 5.41) is 7.46. The van der Waals surface area contributed by atoms with Crippen LogP contribution in [0, 0.1) is 5.92 Å². The standard InChI is InChI=1S/C12H16N4O/c1-9-2-5-13-8-10(9)17-12-4-7-16-11(15-12)3-6-14-16/h3-4,6-7,9-10,13H,2,5,8H2,1H3. The average Bonchev–Trinajstić information content (AvgIpc) is 2.79. The van der Waals surface area contributed by atoms with Gasteiger partial charge in [0.2, 0.25) is 5.88 Å². The maximum Gasteiger partial charge on any atom is 0.217 e. The molecule has 0 aromatic carbocycles. The smallest absolute Gasteiger partial charge is 0.217 e. The zero-order valence-corrected chi connectivity index (χ0v) is 9.84. The third kappa shape index (κ3) is 2.10. The van der Waals surface area contributed by atoms with Crippen molar-refractivity contribution in [3.8, 4) is 5.88 Å². The minimum absolute atomic E-state index is 0.210. The van der Waals surface area contributed by atoms with Crippen LogP contribution >= 0.6 is 0 Å². The molecule has 2 unspecified atom stereocenters. The Kier molecular flexibility index (Phi) is 2.68. The molecule has 1 fully saturated rings. The first-order valence-corrected chi connectivity index (χ1v) is 6.01. The molecule has 5 heteroatoms. The molecule has 3 rings (SSSR count). The third-order valence-corrected chi connectivity index (χ3v) is 3.26. The van der Waals surface area contributed by atoms with E-state index >= 15 is 0 Å². The summed E-state index contributed by atoms with van der Waals surface area (Å²) in [6.45, 7) is 4.20. The molecule has 0 amide bonds. The Morgan fingerprint density at radius 1 is 1.47 bits per heavy atom. The van der Waals surface area contributed by atoms with Gasteiger partial charge in [0.25, 0.3) is 0 Å². The van der Waals surface area contributed by atoms with Gasteiger partial charge in [-0.3, -0.25) is 0 Å². The van der Waals surface area contributed by atoms with Gasteiger partial charge >= 0.3 is 0 Å². The van der Waals surface area contributed by atoms with Crippen LogP contribution in [0.2, 0.25) is 0 Å². The molecule has 2 aromatic heterocycles. The zero-order chi connectivity index (χ0) is 11.7. The van der Waals surface area contributed by atoms with Gasteiger partial charge in [-0.1, -0.05) is 6.92 Å². The van der Waals surface area contributed by atoms with Crippen molar-refractivity contribution in [2.45, 2.75) is 19.4 Å². The molecule has 0 spiro atoms. The SMILES string of the molecule is CC1CCNCC1Oc1ccn2nccc2n1. The Bertz CT molecular complexity index is 510. The molecule has 0 aliphatic carbocycles. The first kappa shape index (κ1) is 10.5. The number of ether oxygens (including phenoxy) is 1. The fourth-order valence-electron chi connectivity index (χ4n) is 2.13. The number of hydrogen-bond donors (Lipinski definition) is 1.